The largest absolute Gasteiger partial charge is 0.461 e. The normalized spacial score (nSPS) is 10.8. The molecule has 0 radical (unpaired) electrons. The Balaban J connectivity index is 1.57. The molecule has 7 nitrogen and oxygen atoms in total. The van der Waals surface area contributed by atoms with Crippen molar-refractivity contribution in [2.24, 2.45) is 0 Å². The van der Waals surface area contributed by atoms with Gasteiger partial charge in [-0.3, -0.25) is 9.59 Å². The Hall–Kier alpha value is -3.55. The molecular formula is C22H23FN4O3. The smallest absolute Gasteiger partial charge is 0.307 e. The molecule has 3 aromatic rings. The lowest BCUT2D eigenvalue weighted by molar-refractivity contribution is -0.144. The Kier molecular flexibility index (Phi) is 6.90. The van der Waals surface area contributed by atoms with Gasteiger partial charge in [0.2, 0.25) is 0 Å². The maximum atomic E-state index is 14.1. The van der Waals surface area contributed by atoms with Crippen LogP contribution in [0.25, 0.3) is 11.3 Å². The van der Waals surface area contributed by atoms with Crippen molar-refractivity contribution >= 4 is 11.9 Å². The second-order valence-electron chi connectivity index (χ2n) is 7.04. The molecule has 0 aliphatic carbocycles. The van der Waals surface area contributed by atoms with Gasteiger partial charge in [0.15, 0.2) is 0 Å². The van der Waals surface area contributed by atoms with Gasteiger partial charge in [-0.25, -0.2) is 9.07 Å². The van der Waals surface area contributed by atoms with Crippen LogP contribution >= 0.6 is 0 Å². The summed E-state index contributed by atoms with van der Waals surface area (Å²) in [6.45, 7) is 4.13. The maximum Gasteiger partial charge on any atom is 0.307 e. The van der Waals surface area contributed by atoms with E-state index >= 15 is 0 Å². The number of benzene rings is 2. The van der Waals surface area contributed by atoms with E-state index in [2.05, 4.69) is 15.6 Å². The molecule has 0 unspecified atom stereocenters. The van der Waals surface area contributed by atoms with Crippen LogP contribution in [-0.2, 0) is 16.1 Å². The highest BCUT2D eigenvalue weighted by Crippen LogP contribution is 2.23. The highest BCUT2D eigenvalue weighted by Gasteiger charge is 2.15. The quantitative estimate of drug-likeness (QED) is 0.574. The van der Waals surface area contributed by atoms with Crippen LogP contribution < -0.4 is 5.32 Å². The van der Waals surface area contributed by atoms with Gasteiger partial charge in [-0.2, -0.15) is 0 Å². The van der Waals surface area contributed by atoms with E-state index in [0.29, 0.717) is 11.3 Å². The van der Waals surface area contributed by atoms with Crippen LogP contribution in [-0.4, -0.2) is 33.4 Å². The number of nitrogens with zero attached hydrogens (tertiary/aromatic N) is 3. The molecule has 156 valence electrons. The van der Waals surface area contributed by atoms with E-state index in [0.717, 1.165) is 11.6 Å². The van der Waals surface area contributed by atoms with E-state index in [9.17, 15) is 14.0 Å². The zero-order valence-corrected chi connectivity index (χ0v) is 16.8. The van der Waals surface area contributed by atoms with Gasteiger partial charge >= 0.3 is 5.97 Å². The lowest BCUT2D eigenvalue weighted by atomic mass is 10.1. The Morgan fingerprint density at radius 2 is 1.93 bits per heavy atom. The Morgan fingerprint density at radius 1 is 1.17 bits per heavy atom. The first kappa shape index (κ1) is 21.2. The average molecular weight is 410 g/mol. The predicted octanol–water partition coefficient (Wildman–Crippen LogP) is 3.53. The Bertz CT molecular complexity index is 1020. The van der Waals surface area contributed by atoms with Crippen molar-refractivity contribution in [3.63, 3.8) is 0 Å². The van der Waals surface area contributed by atoms with Gasteiger partial charge < -0.3 is 10.1 Å². The zero-order chi connectivity index (χ0) is 21.5. The van der Waals surface area contributed by atoms with Gasteiger partial charge in [0, 0.05) is 23.7 Å². The van der Waals surface area contributed by atoms with Crippen molar-refractivity contribution in [2.45, 2.75) is 32.9 Å². The standard InChI is InChI=1S/C22H23FN4O3/c1-15(2)27-20(13-25-26-27)17-10-18(12-19(23)11-17)22(29)24-9-8-21(28)30-14-16-6-4-3-5-7-16/h3-7,10-13,15H,8-9,14H2,1-2H3,(H,24,29). The van der Waals surface area contributed by atoms with Crippen molar-refractivity contribution in [3.05, 3.63) is 71.7 Å². The molecule has 0 saturated carbocycles. The topological polar surface area (TPSA) is 86.1 Å². The highest BCUT2D eigenvalue weighted by atomic mass is 19.1. The fraction of sp³-hybridized carbons (Fsp3) is 0.273. The SMILES string of the molecule is CC(C)n1nncc1-c1cc(F)cc(C(=O)NCCC(=O)OCc2ccccc2)c1. The van der Waals surface area contributed by atoms with Gasteiger partial charge in [0.05, 0.1) is 18.3 Å². The number of amides is 1. The van der Waals surface area contributed by atoms with Crippen molar-refractivity contribution in [1.29, 1.82) is 0 Å². The van der Waals surface area contributed by atoms with E-state index in [1.165, 1.54) is 12.3 Å². The average Bonchev–Trinajstić information content (AvgIpc) is 3.23. The van der Waals surface area contributed by atoms with E-state index < -0.39 is 17.7 Å². The molecule has 0 fully saturated rings. The molecular weight excluding hydrogens is 387 g/mol. The van der Waals surface area contributed by atoms with Crippen LogP contribution in [0.1, 0.15) is 42.2 Å². The number of esters is 1. The minimum Gasteiger partial charge on any atom is -0.461 e. The summed E-state index contributed by atoms with van der Waals surface area (Å²) in [6, 6.07) is 13.4. The summed E-state index contributed by atoms with van der Waals surface area (Å²) in [4.78, 5) is 24.3. The third-order valence-corrected chi connectivity index (χ3v) is 4.38. The minimum absolute atomic E-state index is 0.0186. The molecule has 1 aromatic heterocycles. The van der Waals surface area contributed by atoms with Crippen LogP contribution in [0.4, 0.5) is 4.39 Å². The molecule has 0 saturated heterocycles. The number of carbonyl (C=O) groups excluding carboxylic acids is 2. The van der Waals surface area contributed by atoms with Gasteiger partial charge in [0.1, 0.15) is 12.4 Å². The van der Waals surface area contributed by atoms with E-state index in [1.54, 1.807) is 10.7 Å². The number of aromatic nitrogens is 3. The summed E-state index contributed by atoms with van der Waals surface area (Å²) in [5.41, 5.74) is 2.15. The summed E-state index contributed by atoms with van der Waals surface area (Å²) in [5, 5.41) is 10.5. The predicted molar refractivity (Wildman–Crippen MR) is 109 cm³/mol. The number of hydrogen-bond acceptors (Lipinski definition) is 5. The van der Waals surface area contributed by atoms with Crippen LogP contribution in [0.15, 0.2) is 54.7 Å². The van der Waals surface area contributed by atoms with Gasteiger partial charge in [0.25, 0.3) is 5.91 Å². The molecule has 1 heterocycles. The van der Waals surface area contributed by atoms with E-state index in [-0.39, 0.29) is 31.2 Å². The lowest BCUT2D eigenvalue weighted by Crippen LogP contribution is -2.26. The van der Waals surface area contributed by atoms with Gasteiger partial charge in [-0.05, 0) is 37.6 Å². The zero-order valence-electron chi connectivity index (χ0n) is 16.8. The van der Waals surface area contributed by atoms with Crippen LogP contribution in [0, 0.1) is 5.82 Å². The first-order valence-corrected chi connectivity index (χ1v) is 9.63. The Labute approximate surface area is 173 Å². The van der Waals surface area contributed by atoms with Gasteiger partial charge in [-0.1, -0.05) is 35.5 Å². The van der Waals surface area contributed by atoms with Crippen molar-refractivity contribution in [1.82, 2.24) is 20.3 Å². The summed E-state index contributed by atoms with van der Waals surface area (Å²) in [5.74, 6) is -1.45. The molecule has 0 aliphatic rings. The number of hydrogen-bond donors (Lipinski definition) is 1. The number of rotatable bonds is 8. The molecule has 0 spiro atoms. The monoisotopic (exact) mass is 410 g/mol. The molecule has 8 heteroatoms. The molecule has 30 heavy (non-hydrogen) atoms. The number of ether oxygens (including phenoxy) is 1. The van der Waals surface area contributed by atoms with E-state index in [4.69, 9.17) is 4.74 Å². The lowest BCUT2D eigenvalue weighted by Gasteiger charge is -2.11. The molecule has 0 aliphatic heterocycles. The van der Waals surface area contributed by atoms with Gasteiger partial charge in [-0.15, -0.1) is 5.10 Å². The number of nitrogens with one attached hydrogen (secondary N) is 1. The van der Waals surface area contributed by atoms with Crippen LogP contribution in [0.3, 0.4) is 0 Å². The molecule has 2 aromatic carbocycles. The summed E-state index contributed by atoms with van der Waals surface area (Å²) in [6.07, 6.45) is 1.55. The first-order chi connectivity index (χ1) is 14.4. The summed E-state index contributed by atoms with van der Waals surface area (Å²) in [7, 11) is 0. The highest BCUT2D eigenvalue weighted by molar-refractivity contribution is 5.95. The number of carbonyl (C=O) groups is 2. The number of halogens is 1. The molecule has 0 bridgehead atoms. The van der Waals surface area contributed by atoms with Crippen LogP contribution in [0.2, 0.25) is 0 Å². The second-order valence-corrected chi connectivity index (χ2v) is 7.04. The molecule has 3 rings (SSSR count). The summed E-state index contributed by atoms with van der Waals surface area (Å²) < 4.78 is 20.9. The summed E-state index contributed by atoms with van der Waals surface area (Å²) >= 11 is 0. The second kappa shape index (κ2) is 9.78. The fourth-order valence-corrected chi connectivity index (χ4v) is 2.89. The maximum absolute atomic E-state index is 14.1. The molecule has 1 N–H and O–H groups in total. The van der Waals surface area contributed by atoms with Crippen molar-refractivity contribution < 1.29 is 18.7 Å². The first-order valence-electron chi connectivity index (χ1n) is 9.63. The molecule has 1 amide bonds. The third-order valence-electron chi connectivity index (χ3n) is 4.38. The Morgan fingerprint density at radius 3 is 2.67 bits per heavy atom. The third kappa shape index (κ3) is 5.50. The molecule has 0 atom stereocenters. The van der Waals surface area contributed by atoms with Crippen LogP contribution in [0.5, 0.6) is 0 Å². The van der Waals surface area contributed by atoms with Crippen molar-refractivity contribution in [2.75, 3.05) is 6.54 Å². The minimum atomic E-state index is -0.545. The fourth-order valence-electron chi connectivity index (χ4n) is 2.89. The van der Waals surface area contributed by atoms with Crippen molar-refractivity contribution in [3.8, 4) is 11.3 Å². The van der Waals surface area contributed by atoms with E-state index in [1.807, 2.05) is 44.2 Å².